The summed E-state index contributed by atoms with van der Waals surface area (Å²) in [5.74, 6) is 0.661. The Morgan fingerprint density at radius 1 is 1.26 bits per heavy atom. The van der Waals surface area contributed by atoms with Crippen LogP contribution in [0.2, 0.25) is 0 Å². The number of unbranched alkanes of at least 4 members (excludes halogenated alkanes) is 1. The molecule has 8 nitrogen and oxygen atoms in total. The summed E-state index contributed by atoms with van der Waals surface area (Å²) in [5.41, 5.74) is 1.49. The van der Waals surface area contributed by atoms with Crippen LogP contribution in [0.5, 0.6) is 0 Å². The van der Waals surface area contributed by atoms with E-state index in [2.05, 4.69) is 25.3 Å². The SMILES string of the molecule is CCOC(=O)[C@@H](CC(C)C)NC(=O)CCCCSc1ncnc2nc[nH]c12. The first-order valence-electron chi connectivity index (χ1n) is 9.24. The molecule has 1 atom stereocenters. The second kappa shape index (κ2) is 10.9. The maximum Gasteiger partial charge on any atom is 0.328 e. The lowest BCUT2D eigenvalue weighted by atomic mass is 10.0. The number of carbonyl (C=O) groups excluding carboxylic acids is 2. The Bertz CT molecular complexity index is 749. The Morgan fingerprint density at radius 2 is 2.07 bits per heavy atom. The van der Waals surface area contributed by atoms with E-state index in [-0.39, 0.29) is 11.9 Å². The maximum absolute atomic E-state index is 12.2. The van der Waals surface area contributed by atoms with E-state index < -0.39 is 6.04 Å². The van der Waals surface area contributed by atoms with Gasteiger partial charge in [-0.05, 0) is 37.9 Å². The normalized spacial score (nSPS) is 12.3. The number of hydrogen-bond donors (Lipinski definition) is 2. The van der Waals surface area contributed by atoms with Crippen LogP contribution in [-0.4, -0.2) is 50.2 Å². The van der Waals surface area contributed by atoms with E-state index in [9.17, 15) is 9.59 Å². The van der Waals surface area contributed by atoms with Crippen molar-refractivity contribution in [3.8, 4) is 0 Å². The molecule has 0 saturated heterocycles. The molecule has 0 aliphatic carbocycles. The van der Waals surface area contributed by atoms with Crippen LogP contribution in [0.4, 0.5) is 0 Å². The average Bonchev–Trinajstić information content (AvgIpc) is 3.10. The molecule has 2 heterocycles. The number of nitrogens with one attached hydrogen (secondary N) is 2. The zero-order chi connectivity index (χ0) is 19.6. The van der Waals surface area contributed by atoms with Gasteiger partial charge in [-0.25, -0.2) is 19.7 Å². The van der Waals surface area contributed by atoms with Gasteiger partial charge < -0.3 is 15.0 Å². The number of carbonyl (C=O) groups is 2. The minimum Gasteiger partial charge on any atom is -0.464 e. The molecule has 0 aliphatic rings. The Kier molecular flexibility index (Phi) is 8.50. The lowest BCUT2D eigenvalue weighted by Gasteiger charge is -2.19. The Morgan fingerprint density at radius 3 is 2.81 bits per heavy atom. The summed E-state index contributed by atoms with van der Waals surface area (Å²) in [4.78, 5) is 39.6. The highest BCUT2D eigenvalue weighted by molar-refractivity contribution is 7.99. The molecule has 0 saturated carbocycles. The first-order chi connectivity index (χ1) is 13.0. The van der Waals surface area contributed by atoms with Crippen molar-refractivity contribution in [3.05, 3.63) is 12.7 Å². The number of amides is 1. The summed E-state index contributed by atoms with van der Waals surface area (Å²) in [6.45, 7) is 6.10. The van der Waals surface area contributed by atoms with Crippen molar-refractivity contribution in [2.24, 2.45) is 5.92 Å². The van der Waals surface area contributed by atoms with E-state index in [1.54, 1.807) is 25.0 Å². The molecule has 2 N–H and O–H groups in total. The average molecular weight is 394 g/mol. The number of aromatic amines is 1. The summed E-state index contributed by atoms with van der Waals surface area (Å²) in [6.07, 6.45) is 5.68. The third kappa shape index (κ3) is 6.82. The van der Waals surface area contributed by atoms with Gasteiger partial charge in [0.25, 0.3) is 0 Å². The number of hydrogen-bond acceptors (Lipinski definition) is 7. The van der Waals surface area contributed by atoms with Gasteiger partial charge in [0.1, 0.15) is 22.9 Å². The molecule has 0 fully saturated rings. The molecule has 9 heteroatoms. The molecular weight excluding hydrogens is 366 g/mol. The molecule has 0 radical (unpaired) electrons. The van der Waals surface area contributed by atoms with Crippen LogP contribution in [-0.2, 0) is 14.3 Å². The topological polar surface area (TPSA) is 110 Å². The molecular formula is C18H27N5O3S. The second-order valence-corrected chi connectivity index (χ2v) is 7.67. The van der Waals surface area contributed by atoms with E-state index in [4.69, 9.17) is 4.74 Å². The second-order valence-electron chi connectivity index (χ2n) is 6.59. The third-order valence-electron chi connectivity index (χ3n) is 3.84. The van der Waals surface area contributed by atoms with E-state index in [0.717, 1.165) is 29.1 Å². The Balaban J connectivity index is 1.71. The summed E-state index contributed by atoms with van der Waals surface area (Å²) < 4.78 is 5.05. The van der Waals surface area contributed by atoms with Crippen molar-refractivity contribution >= 4 is 34.8 Å². The Hall–Kier alpha value is -2.16. The zero-order valence-corrected chi connectivity index (χ0v) is 16.8. The summed E-state index contributed by atoms with van der Waals surface area (Å²) in [5, 5.41) is 3.67. The first kappa shape index (κ1) is 21.1. The van der Waals surface area contributed by atoms with Crippen LogP contribution in [0.1, 0.15) is 46.5 Å². The molecule has 27 heavy (non-hydrogen) atoms. The smallest absolute Gasteiger partial charge is 0.328 e. The largest absolute Gasteiger partial charge is 0.464 e. The van der Waals surface area contributed by atoms with Gasteiger partial charge in [0.2, 0.25) is 5.91 Å². The monoisotopic (exact) mass is 393 g/mol. The minimum absolute atomic E-state index is 0.114. The zero-order valence-electron chi connectivity index (χ0n) is 16.0. The van der Waals surface area contributed by atoms with Crippen molar-refractivity contribution in [1.29, 1.82) is 0 Å². The van der Waals surface area contributed by atoms with Crippen molar-refractivity contribution in [1.82, 2.24) is 25.3 Å². The number of nitrogens with zero attached hydrogens (tertiary/aromatic N) is 3. The molecule has 0 aliphatic heterocycles. The summed E-state index contributed by atoms with van der Waals surface area (Å²) in [6, 6.07) is -0.568. The highest BCUT2D eigenvalue weighted by Gasteiger charge is 2.22. The fourth-order valence-corrected chi connectivity index (χ4v) is 3.56. The molecule has 0 unspecified atom stereocenters. The number of imidazole rings is 1. The number of ether oxygens (including phenoxy) is 1. The highest BCUT2D eigenvalue weighted by atomic mass is 32.2. The van der Waals surface area contributed by atoms with Crippen LogP contribution in [0.15, 0.2) is 17.7 Å². The van der Waals surface area contributed by atoms with E-state index >= 15 is 0 Å². The lowest BCUT2D eigenvalue weighted by Crippen LogP contribution is -2.42. The molecule has 148 valence electrons. The predicted octanol–water partition coefficient (Wildman–Crippen LogP) is 2.71. The fraction of sp³-hybridized carbons (Fsp3) is 0.611. The minimum atomic E-state index is -0.568. The van der Waals surface area contributed by atoms with Gasteiger partial charge in [0.15, 0.2) is 5.65 Å². The number of fused-ring (bicyclic) bond motifs is 1. The van der Waals surface area contributed by atoms with E-state index in [1.165, 1.54) is 6.33 Å². The van der Waals surface area contributed by atoms with Gasteiger partial charge in [-0.2, -0.15) is 0 Å². The van der Waals surface area contributed by atoms with E-state index in [0.29, 0.717) is 31.0 Å². The lowest BCUT2D eigenvalue weighted by molar-refractivity contribution is -0.147. The number of thioether (sulfide) groups is 1. The fourth-order valence-electron chi connectivity index (χ4n) is 2.60. The molecule has 2 aromatic rings. The number of aromatic nitrogens is 4. The number of esters is 1. The van der Waals surface area contributed by atoms with Gasteiger partial charge in [0.05, 0.1) is 12.9 Å². The van der Waals surface area contributed by atoms with E-state index in [1.807, 2.05) is 13.8 Å². The maximum atomic E-state index is 12.2. The van der Waals surface area contributed by atoms with Crippen LogP contribution in [0.25, 0.3) is 11.2 Å². The van der Waals surface area contributed by atoms with Gasteiger partial charge in [-0.15, -0.1) is 11.8 Å². The van der Waals surface area contributed by atoms with Gasteiger partial charge in [0, 0.05) is 6.42 Å². The Labute approximate surface area is 163 Å². The number of rotatable bonds is 11. The van der Waals surface area contributed by atoms with Gasteiger partial charge in [-0.1, -0.05) is 13.8 Å². The van der Waals surface area contributed by atoms with Crippen LogP contribution in [0.3, 0.4) is 0 Å². The van der Waals surface area contributed by atoms with Crippen molar-refractivity contribution in [2.45, 2.75) is 57.5 Å². The molecule has 0 aromatic carbocycles. The van der Waals surface area contributed by atoms with Crippen LogP contribution in [0, 0.1) is 5.92 Å². The van der Waals surface area contributed by atoms with Crippen molar-refractivity contribution in [2.75, 3.05) is 12.4 Å². The van der Waals surface area contributed by atoms with Crippen molar-refractivity contribution < 1.29 is 14.3 Å². The summed E-state index contributed by atoms with van der Waals surface area (Å²) >= 11 is 1.61. The standard InChI is InChI=1S/C18H27N5O3S/c1-4-26-18(25)13(9-12(2)3)23-14(24)7-5-6-8-27-17-15-16(20-10-19-15)21-11-22-17/h10-13H,4-9H2,1-3H3,(H,23,24)(H,19,20,21,22)/t13-/m1/s1. The molecule has 0 spiro atoms. The quantitative estimate of drug-likeness (QED) is 0.261. The van der Waals surface area contributed by atoms with Crippen LogP contribution >= 0.6 is 11.8 Å². The molecule has 0 bridgehead atoms. The molecule has 1 amide bonds. The first-order valence-corrected chi connectivity index (χ1v) is 10.2. The molecule has 2 rings (SSSR count). The van der Waals surface area contributed by atoms with Crippen LogP contribution < -0.4 is 5.32 Å². The third-order valence-corrected chi connectivity index (χ3v) is 4.91. The van der Waals surface area contributed by atoms with Crippen molar-refractivity contribution in [3.63, 3.8) is 0 Å². The molecule has 2 aromatic heterocycles. The van der Waals surface area contributed by atoms with Gasteiger partial charge in [-0.3, -0.25) is 4.79 Å². The summed E-state index contributed by atoms with van der Waals surface area (Å²) in [7, 11) is 0. The van der Waals surface area contributed by atoms with Gasteiger partial charge >= 0.3 is 5.97 Å². The predicted molar refractivity (Wildman–Crippen MR) is 104 cm³/mol. The number of H-pyrrole nitrogens is 1. The highest BCUT2D eigenvalue weighted by Crippen LogP contribution is 2.22.